The van der Waals surface area contributed by atoms with Crippen LogP contribution in [0.1, 0.15) is 11.1 Å². The highest BCUT2D eigenvalue weighted by Crippen LogP contribution is 2.22. The number of hydrogen-bond donors (Lipinski definition) is 1. The first-order chi connectivity index (χ1) is 12.8. The van der Waals surface area contributed by atoms with Gasteiger partial charge in [0.1, 0.15) is 5.69 Å². The van der Waals surface area contributed by atoms with E-state index in [0.29, 0.717) is 13.1 Å². The Morgan fingerprint density at radius 2 is 2.04 bits per heavy atom. The molecule has 26 heavy (non-hydrogen) atoms. The van der Waals surface area contributed by atoms with E-state index in [4.69, 9.17) is 5.10 Å². The Labute approximate surface area is 152 Å². The molecule has 0 radical (unpaired) electrons. The van der Waals surface area contributed by atoms with Gasteiger partial charge in [-0.3, -0.25) is 14.5 Å². The van der Waals surface area contributed by atoms with E-state index in [0.717, 1.165) is 22.4 Å². The van der Waals surface area contributed by atoms with Crippen molar-refractivity contribution in [3.05, 3.63) is 90.9 Å². The summed E-state index contributed by atoms with van der Waals surface area (Å²) in [4.78, 5) is 16.0. The van der Waals surface area contributed by atoms with Crippen molar-refractivity contribution in [3.63, 3.8) is 0 Å². The quantitative estimate of drug-likeness (QED) is 0.528. The van der Waals surface area contributed by atoms with Gasteiger partial charge in [-0.1, -0.05) is 36.4 Å². The molecule has 3 rings (SSSR count). The lowest BCUT2D eigenvalue weighted by Gasteiger charge is -2.01. The first kappa shape index (κ1) is 17.4. The lowest BCUT2D eigenvalue weighted by atomic mass is 10.1. The second-order valence-corrected chi connectivity index (χ2v) is 5.73. The maximum absolute atomic E-state index is 11.8. The van der Waals surface area contributed by atoms with Crippen molar-refractivity contribution < 1.29 is 4.79 Å². The van der Waals surface area contributed by atoms with E-state index in [-0.39, 0.29) is 5.91 Å². The molecule has 5 nitrogen and oxygen atoms in total. The minimum Gasteiger partial charge on any atom is -0.349 e. The maximum Gasteiger partial charge on any atom is 0.244 e. The molecule has 2 aromatic heterocycles. The molecule has 0 fully saturated rings. The molecule has 0 atom stereocenters. The van der Waals surface area contributed by atoms with Crippen LogP contribution in [0.15, 0.2) is 79.8 Å². The molecule has 1 aromatic carbocycles. The highest BCUT2D eigenvalue weighted by Gasteiger charge is 2.10. The number of carbonyl (C=O) groups excluding carboxylic acids is 1. The summed E-state index contributed by atoms with van der Waals surface area (Å²) in [6.45, 7) is 4.68. The Bertz CT molecular complexity index is 898. The van der Waals surface area contributed by atoms with E-state index in [2.05, 4.69) is 29.0 Å². The number of carbonyl (C=O) groups is 1. The summed E-state index contributed by atoms with van der Waals surface area (Å²) < 4.78 is 1.87. The minimum atomic E-state index is -0.169. The highest BCUT2D eigenvalue weighted by molar-refractivity contribution is 5.92. The predicted molar refractivity (Wildman–Crippen MR) is 103 cm³/mol. The summed E-state index contributed by atoms with van der Waals surface area (Å²) in [7, 11) is 0. The number of nitrogens with zero attached hydrogens (tertiary/aromatic N) is 3. The molecule has 0 aliphatic heterocycles. The van der Waals surface area contributed by atoms with Crippen LogP contribution in [0.5, 0.6) is 0 Å². The number of rotatable bonds is 7. The van der Waals surface area contributed by atoms with Crippen LogP contribution in [-0.2, 0) is 11.3 Å². The molecular weight excluding hydrogens is 324 g/mol. The number of aromatic nitrogens is 3. The van der Waals surface area contributed by atoms with Gasteiger partial charge in [-0.2, -0.15) is 5.10 Å². The minimum absolute atomic E-state index is 0.169. The van der Waals surface area contributed by atoms with Crippen LogP contribution < -0.4 is 5.32 Å². The summed E-state index contributed by atoms with van der Waals surface area (Å²) >= 11 is 0. The summed E-state index contributed by atoms with van der Waals surface area (Å²) in [5, 5.41) is 7.42. The Morgan fingerprint density at radius 3 is 2.77 bits per heavy atom. The van der Waals surface area contributed by atoms with Crippen LogP contribution in [0.4, 0.5) is 0 Å². The SMILES string of the molecule is C=CCNC(=O)/C=C/c1cn(Cc2ccccc2)nc1-c1cccnc1. The summed E-state index contributed by atoms with van der Waals surface area (Å²) in [5.41, 5.74) is 3.72. The first-order valence-electron chi connectivity index (χ1n) is 8.35. The smallest absolute Gasteiger partial charge is 0.244 e. The summed E-state index contributed by atoms with van der Waals surface area (Å²) in [5.74, 6) is -0.169. The molecule has 1 N–H and O–H groups in total. The molecule has 0 aliphatic carbocycles. The van der Waals surface area contributed by atoms with E-state index in [1.807, 2.05) is 41.2 Å². The van der Waals surface area contributed by atoms with Crippen molar-refractivity contribution >= 4 is 12.0 Å². The van der Waals surface area contributed by atoms with Gasteiger partial charge < -0.3 is 5.32 Å². The largest absolute Gasteiger partial charge is 0.349 e. The first-order valence-corrected chi connectivity index (χ1v) is 8.35. The van der Waals surface area contributed by atoms with Gasteiger partial charge in [-0.05, 0) is 23.8 Å². The topological polar surface area (TPSA) is 59.8 Å². The van der Waals surface area contributed by atoms with E-state index < -0.39 is 0 Å². The van der Waals surface area contributed by atoms with Gasteiger partial charge in [0, 0.05) is 42.3 Å². The molecule has 0 saturated carbocycles. The number of hydrogen-bond acceptors (Lipinski definition) is 3. The van der Waals surface area contributed by atoms with Crippen LogP contribution in [0.2, 0.25) is 0 Å². The van der Waals surface area contributed by atoms with Gasteiger partial charge in [0.2, 0.25) is 5.91 Å². The van der Waals surface area contributed by atoms with Crippen molar-refractivity contribution in [3.8, 4) is 11.3 Å². The van der Waals surface area contributed by atoms with Crippen LogP contribution >= 0.6 is 0 Å². The van der Waals surface area contributed by atoms with E-state index >= 15 is 0 Å². The third kappa shape index (κ3) is 4.54. The molecule has 0 unspecified atom stereocenters. The van der Waals surface area contributed by atoms with E-state index in [1.165, 1.54) is 6.08 Å². The molecule has 0 saturated heterocycles. The fourth-order valence-electron chi connectivity index (χ4n) is 2.53. The zero-order valence-corrected chi connectivity index (χ0v) is 14.4. The monoisotopic (exact) mass is 344 g/mol. The second kappa shape index (κ2) is 8.58. The van der Waals surface area contributed by atoms with Crippen LogP contribution in [0.25, 0.3) is 17.3 Å². The van der Waals surface area contributed by atoms with Crippen molar-refractivity contribution in [2.45, 2.75) is 6.54 Å². The van der Waals surface area contributed by atoms with Gasteiger partial charge in [0.15, 0.2) is 0 Å². The average Bonchev–Trinajstić information content (AvgIpc) is 3.09. The van der Waals surface area contributed by atoms with Crippen molar-refractivity contribution in [1.29, 1.82) is 0 Å². The standard InChI is InChI=1S/C21H20N4O/c1-2-12-23-20(26)11-10-19-16-25(15-17-7-4-3-5-8-17)24-21(19)18-9-6-13-22-14-18/h2-11,13-14,16H,1,12,15H2,(H,23,26)/b11-10+. The third-order valence-corrected chi connectivity index (χ3v) is 3.75. The number of benzene rings is 1. The van der Waals surface area contributed by atoms with Crippen molar-refractivity contribution in [1.82, 2.24) is 20.1 Å². The molecular formula is C21H20N4O. The number of nitrogens with one attached hydrogen (secondary N) is 1. The summed E-state index contributed by atoms with van der Waals surface area (Å²) in [6.07, 6.45) is 10.4. The molecule has 3 aromatic rings. The zero-order valence-electron chi connectivity index (χ0n) is 14.4. The van der Waals surface area contributed by atoms with Crippen LogP contribution in [0, 0.1) is 0 Å². The summed E-state index contributed by atoms with van der Waals surface area (Å²) in [6, 6.07) is 13.9. The number of amides is 1. The van der Waals surface area contributed by atoms with Gasteiger partial charge in [0.25, 0.3) is 0 Å². The lowest BCUT2D eigenvalue weighted by Crippen LogP contribution is -2.20. The zero-order chi connectivity index (χ0) is 18.2. The average molecular weight is 344 g/mol. The Hall–Kier alpha value is -3.47. The van der Waals surface area contributed by atoms with Gasteiger partial charge in [-0.15, -0.1) is 6.58 Å². The van der Waals surface area contributed by atoms with E-state index in [1.54, 1.807) is 24.5 Å². The predicted octanol–water partition coefficient (Wildman–Crippen LogP) is 3.31. The van der Waals surface area contributed by atoms with E-state index in [9.17, 15) is 4.79 Å². The van der Waals surface area contributed by atoms with Crippen molar-refractivity contribution in [2.75, 3.05) is 6.54 Å². The van der Waals surface area contributed by atoms with Crippen LogP contribution in [0.3, 0.4) is 0 Å². The molecule has 0 bridgehead atoms. The highest BCUT2D eigenvalue weighted by atomic mass is 16.1. The van der Waals surface area contributed by atoms with Crippen LogP contribution in [-0.4, -0.2) is 27.2 Å². The molecule has 1 amide bonds. The number of pyridine rings is 1. The van der Waals surface area contributed by atoms with Gasteiger partial charge in [-0.25, -0.2) is 0 Å². The Kier molecular flexibility index (Phi) is 5.72. The Morgan fingerprint density at radius 1 is 1.19 bits per heavy atom. The molecule has 0 aliphatic rings. The Balaban J connectivity index is 1.89. The third-order valence-electron chi connectivity index (χ3n) is 3.75. The second-order valence-electron chi connectivity index (χ2n) is 5.73. The molecule has 2 heterocycles. The normalized spacial score (nSPS) is 10.8. The van der Waals surface area contributed by atoms with Gasteiger partial charge in [0.05, 0.1) is 6.54 Å². The van der Waals surface area contributed by atoms with Gasteiger partial charge >= 0.3 is 0 Å². The maximum atomic E-state index is 11.8. The van der Waals surface area contributed by atoms with Crippen molar-refractivity contribution in [2.24, 2.45) is 0 Å². The molecule has 5 heteroatoms. The molecule has 0 spiro atoms. The molecule has 130 valence electrons. The fraction of sp³-hybridized carbons (Fsp3) is 0.0952. The lowest BCUT2D eigenvalue weighted by molar-refractivity contribution is -0.116. The fourth-order valence-corrected chi connectivity index (χ4v) is 2.53.